The summed E-state index contributed by atoms with van der Waals surface area (Å²) < 4.78 is 6.50. The molecule has 2 atom stereocenters. The summed E-state index contributed by atoms with van der Waals surface area (Å²) in [6, 6.07) is 2.33. The molecule has 0 N–H and O–H groups in total. The van der Waals surface area contributed by atoms with E-state index in [1.165, 1.54) is 19.3 Å². The quantitative estimate of drug-likeness (QED) is 0.695. The Kier molecular flexibility index (Phi) is 4.80. The van der Waals surface area contributed by atoms with E-state index in [4.69, 9.17) is 9.69 Å². The smallest absolute Gasteiger partial charge is 0.192 e. The average molecular weight is 253 g/mol. The van der Waals surface area contributed by atoms with Gasteiger partial charge in [0.1, 0.15) is 0 Å². The normalized spacial score (nSPS) is 26.6. The highest BCUT2D eigenvalue weighted by Gasteiger charge is 2.41. The zero-order chi connectivity index (χ0) is 13.1. The van der Waals surface area contributed by atoms with E-state index in [1.54, 1.807) is 0 Å². The summed E-state index contributed by atoms with van der Waals surface area (Å²) in [6.07, 6.45) is 5.86. The largest absolute Gasteiger partial charge is 0.414 e. The van der Waals surface area contributed by atoms with Crippen molar-refractivity contribution in [1.82, 2.24) is 0 Å². The zero-order valence-corrected chi connectivity index (χ0v) is 13.0. The molecule has 1 fully saturated rings. The van der Waals surface area contributed by atoms with Crippen LogP contribution in [0.2, 0.25) is 18.1 Å². The Balaban J connectivity index is 2.68. The molecule has 0 bridgehead atoms. The lowest BCUT2D eigenvalue weighted by Gasteiger charge is -2.42. The molecule has 98 valence electrons. The summed E-state index contributed by atoms with van der Waals surface area (Å²) in [6.45, 7) is 11.5. The molecule has 0 aromatic rings. The predicted octanol–water partition coefficient (Wildman–Crippen LogP) is 4.48. The van der Waals surface area contributed by atoms with Crippen LogP contribution < -0.4 is 0 Å². The molecule has 0 spiro atoms. The molecule has 17 heavy (non-hydrogen) atoms. The van der Waals surface area contributed by atoms with Crippen molar-refractivity contribution in [3.8, 4) is 6.07 Å². The summed E-state index contributed by atoms with van der Waals surface area (Å²) >= 11 is 0. The molecule has 0 heterocycles. The molecule has 0 saturated heterocycles. The fraction of sp³-hybridized carbons (Fsp3) is 0.929. The highest BCUT2D eigenvalue weighted by atomic mass is 28.4. The Morgan fingerprint density at radius 1 is 1.24 bits per heavy atom. The predicted molar refractivity (Wildman–Crippen MR) is 74.3 cm³/mol. The first-order chi connectivity index (χ1) is 7.78. The Morgan fingerprint density at radius 3 is 2.35 bits per heavy atom. The van der Waals surface area contributed by atoms with E-state index < -0.39 is 8.32 Å². The van der Waals surface area contributed by atoms with E-state index in [1.807, 2.05) is 0 Å². The summed E-state index contributed by atoms with van der Waals surface area (Å²) in [4.78, 5) is 0. The lowest BCUT2D eigenvalue weighted by molar-refractivity contribution is 0.0813. The molecule has 1 aliphatic rings. The van der Waals surface area contributed by atoms with Gasteiger partial charge in [-0.25, -0.2) is 0 Å². The van der Waals surface area contributed by atoms with Gasteiger partial charge >= 0.3 is 0 Å². The lowest BCUT2D eigenvalue weighted by atomic mass is 9.85. The van der Waals surface area contributed by atoms with Crippen LogP contribution in [0.25, 0.3) is 0 Å². The number of rotatable bonds is 3. The summed E-state index contributed by atoms with van der Waals surface area (Å²) in [5.41, 5.74) is 0. The van der Waals surface area contributed by atoms with Gasteiger partial charge in [0.05, 0.1) is 6.07 Å². The number of nitrogens with zero attached hydrogens (tertiary/aromatic N) is 1. The molecule has 1 rings (SSSR count). The van der Waals surface area contributed by atoms with E-state index in [-0.39, 0.29) is 5.04 Å². The standard InChI is InChI=1S/C14H27NOSi/c1-14(2,3)17(4,5)16-13-9-7-6-8-12(13)10-11-15/h12-13H,6-10H2,1-5H3/t12-,13+/m0/s1. The lowest BCUT2D eigenvalue weighted by Crippen LogP contribution is -2.46. The molecule has 2 nitrogen and oxygen atoms in total. The minimum Gasteiger partial charge on any atom is -0.414 e. The number of nitriles is 1. The molecular weight excluding hydrogens is 226 g/mol. The Bertz CT molecular complexity index is 288. The first-order valence-electron chi connectivity index (χ1n) is 6.83. The molecule has 0 radical (unpaired) electrons. The SMILES string of the molecule is CC(C)(C)[Si](C)(C)O[C@@H]1CCCC[C@H]1CC#N. The first kappa shape index (κ1) is 14.7. The van der Waals surface area contributed by atoms with Gasteiger partial charge in [0.25, 0.3) is 0 Å². The van der Waals surface area contributed by atoms with E-state index in [0.717, 1.165) is 6.42 Å². The van der Waals surface area contributed by atoms with Crippen LogP contribution in [0.15, 0.2) is 0 Å². The topological polar surface area (TPSA) is 33.0 Å². The third kappa shape index (κ3) is 3.82. The highest BCUT2D eigenvalue weighted by molar-refractivity contribution is 6.74. The van der Waals surface area contributed by atoms with Crippen LogP contribution in [0.5, 0.6) is 0 Å². The second kappa shape index (κ2) is 5.54. The van der Waals surface area contributed by atoms with Gasteiger partial charge in [-0.15, -0.1) is 0 Å². The zero-order valence-electron chi connectivity index (χ0n) is 12.0. The fourth-order valence-electron chi connectivity index (χ4n) is 2.23. The van der Waals surface area contributed by atoms with Crippen LogP contribution in [0, 0.1) is 17.2 Å². The minimum atomic E-state index is -1.67. The van der Waals surface area contributed by atoms with Crippen molar-refractivity contribution in [3.05, 3.63) is 0 Å². The van der Waals surface area contributed by atoms with Crippen LogP contribution in [0.4, 0.5) is 0 Å². The van der Waals surface area contributed by atoms with Crippen molar-refractivity contribution in [2.45, 2.75) is 77.1 Å². The second-order valence-corrected chi connectivity index (χ2v) is 11.6. The minimum absolute atomic E-state index is 0.266. The van der Waals surface area contributed by atoms with E-state index in [0.29, 0.717) is 18.4 Å². The molecule has 1 saturated carbocycles. The van der Waals surface area contributed by atoms with Gasteiger partial charge in [0.15, 0.2) is 8.32 Å². The second-order valence-electron chi connectivity index (χ2n) is 6.82. The van der Waals surface area contributed by atoms with Crippen molar-refractivity contribution in [1.29, 1.82) is 5.26 Å². The van der Waals surface area contributed by atoms with Crippen LogP contribution in [0.1, 0.15) is 52.9 Å². The maximum Gasteiger partial charge on any atom is 0.192 e. The van der Waals surface area contributed by atoms with Gasteiger partial charge in [-0.05, 0) is 36.9 Å². The van der Waals surface area contributed by atoms with Gasteiger partial charge in [0.2, 0.25) is 0 Å². The molecule has 0 aromatic heterocycles. The van der Waals surface area contributed by atoms with Gasteiger partial charge in [-0.3, -0.25) is 0 Å². The van der Waals surface area contributed by atoms with Crippen molar-refractivity contribution in [2.24, 2.45) is 5.92 Å². The van der Waals surface area contributed by atoms with E-state index in [2.05, 4.69) is 39.9 Å². The van der Waals surface area contributed by atoms with Crippen molar-refractivity contribution < 1.29 is 4.43 Å². The van der Waals surface area contributed by atoms with Crippen LogP contribution in [-0.2, 0) is 4.43 Å². The third-order valence-electron chi connectivity index (χ3n) is 4.45. The van der Waals surface area contributed by atoms with E-state index in [9.17, 15) is 0 Å². The maximum absolute atomic E-state index is 8.90. The number of hydrogen-bond acceptors (Lipinski definition) is 2. The van der Waals surface area contributed by atoms with Crippen molar-refractivity contribution in [3.63, 3.8) is 0 Å². The maximum atomic E-state index is 8.90. The molecule has 3 heteroatoms. The molecule has 0 unspecified atom stereocenters. The van der Waals surface area contributed by atoms with E-state index >= 15 is 0 Å². The monoisotopic (exact) mass is 253 g/mol. The molecule has 0 aromatic carbocycles. The first-order valence-corrected chi connectivity index (χ1v) is 9.73. The van der Waals surface area contributed by atoms with Gasteiger partial charge in [0, 0.05) is 12.5 Å². The fourth-order valence-corrected chi connectivity index (χ4v) is 3.66. The van der Waals surface area contributed by atoms with Gasteiger partial charge < -0.3 is 4.43 Å². The summed E-state index contributed by atoms with van der Waals surface area (Å²) in [5, 5.41) is 9.17. The van der Waals surface area contributed by atoms with Crippen LogP contribution in [0.3, 0.4) is 0 Å². The molecule has 0 aliphatic heterocycles. The van der Waals surface area contributed by atoms with Crippen molar-refractivity contribution >= 4 is 8.32 Å². The van der Waals surface area contributed by atoms with Gasteiger partial charge in [-0.1, -0.05) is 33.6 Å². The third-order valence-corrected chi connectivity index (χ3v) is 8.95. The van der Waals surface area contributed by atoms with Gasteiger partial charge in [-0.2, -0.15) is 5.26 Å². The Hall–Kier alpha value is -0.333. The molecular formula is C14H27NOSi. The molecule has 1 aliphatic carbocycles. The van der Waals surface area contributed by atoms with Crippen molar-refractivity contribution in [2.75, 3.05) is 0 Å². The van der Waals surface area contributed by atoms with Crippen LogP contribution in [-0.4, -0.2) is 14.4 Å². The number of hydrogen-bond donors (Lipinski definition) is 0. The van der Waals surface area contributed by atoms with Crippen LogP contribution >= 0.6 is 0 Å². The Morgan fingerprint density at radius 2 is 1.82 bits per heavy atom. The summed E-state index contributed by atoms with van der Waals surface area (Å²) in [7, 11) is -1.67. The Labute approximate surface area is 107 Å². The summed E-state index contributed by atoms with van der Waals surface area (Å²) in [5.74, 6) is 0.475. The average Bonchev–Trinajstić information content (AvgIpc) is 2.19. The highest BCUT2D eigenvalue weighted by Crippen LogP contribution is 2.40. The molecule has 0 amide bonds.